The fourth-order valence-electron chi connectivity index (χ4n) is 0.807. The van der Waals surface area contributed by atoms with Gasteiger partial charge in [-0.25, -0.2) is 4.79 Å². The lowest BCUT2D eigenvalue weighted by Crippen LogP contribution is -2.00. The smallest absolute Gasteiger partial charge is 0.337 e. The van der Waals surface area contributed by atoms with E-state index in [0.717, 1.165) is 5.56 Å². The average molecular weight is 166 g/mol. The van der Waals surface area contributed by atoms with Crippen LogP contribution in [-0.2, 0) is 4.74 Å². The normalized spacial score (nSPS) is 8.50. The Labute approximate surface area is 73.2 Å². The highest BCUT2D eigenvalue weighted by Crippen LogP contribution is 2.03. The lowest BCUT2D eigenvalue weighted by Gasteiger charge is -1.97. The van der Waals surface area contributed by atoms with Gasteiger partial charge in [0.2, 0.25) is 0 Å². The molecule has 0 fully saturated rings. The molecule has 0 aromatic heterocycles. The molecule has 0 saturated carbocycles. The van der Waals surface area contributed by atoms with Gasteiger partial charge in [0, 0.05) is 0 Å². The summed E-state index contributed by atoms with van der Waals surface area (Å²) in [5, 5.41) is 0. The first-order chi connectivity index (χ1) is 5.24. The topological polar surface area (TPSA) is 26.3 Å². The van der Waals surface area contributed by atoms with Gasteiger partial charge in [-0.15, -0.1) is 0 Å². The molecular formula is C10H14O2. The van der Waals surface area contributed by atoms with Crippen molar-refractivity contribution in [3.8, 4) is 0 Å². The summed E-state index contributed by atoms with van der Waals surface area (Å²) in [6.07, 6.45) is 0. The number of carbonyl (C=O) groups is 1. The Hall–Kier alpha value is -1.31. The summed E-state index contributed by atoms with van der Waals surface area (Å²) in [4.78, 5) is 10.9. The van der Waals surface area contributed by atoms with Crippen LogP contribution in [0.1, 0.15) is 23.3 Å². The van der Waals surface area contributed by atoms with Crippen molar-refractivity contribution in [3.63, 3.8) is 0 Å². The van der Waals surface area contributed by atoms with Crippen LogP contribution in [0.2, 0.25) is 0 Å². The van der Waals surface area contributed by atoms with Gasteiger partial charge in [0.25, 0.3) is 0 Å². The molecule has 0 bridgehead atoms. The Morgan fingerprint density at radius 3 is 2.17 bits per heavy atom. The maximum Gasteiger partial charge on any atom is 0.337 e. The Bertz CT molecular complexity index is 249. The zero-order chi connectivity index (χ0) is 8.27. The number of hydrogen-bond donors (Lipinski definition) is 0. The van der Waals surface area contributed by atoms with Gasteiger partial charge in [-0.1, -0.05) is 25.1 Å². The van der Waals surface area contributed by atoms with Gasteiger partial charge in [-0.3, -0.25) is 0 Å². The number of esters is 1. The van der Waals surface area contributed by atoms with E-state index in [1.807, 2.05) is 19.1 Å². The lowest BCUT2D eigenvalue weighted by atomic mass is 10.2. The Morgan fingerprint density at radius 2 is 1.75 bits per heavy atom. The van der Waals surface area contributed by atoms with E-state index in [0.29, 0.717) is 5.56 Å². The van der Waals surface area contributed by atoms with Crippen LogP contribution in [0.15, 0.2) is 24.3 Å². The molecular weight excluding hydrogens is 152 g/mol. The molecule has 12 heavy (non-hydrogen) atoms. The Morgan fingerprint density at radius 1 is 1.25 bits per heavy atom. The summed E-state index contributed by atoms with van der Waals surface area (Å²) in [5.74, 6) is -0.287. The molecule has 66 valence electrons. The Kier molecular flexibility index (Phi) is 4.05. The largest absolute Gasteiger partial charge is 0.465 e. The zero-order valence-electron chi connectivity index (χ0n) is 6.63. The third kappa shape index (κ3) is 2.38. The molecule has 0 unspecified atom stereocenters. The van der Waals surface area contributed by atoms with Crippen LogP contribution >= 0.6 is 0 Å². The van der Waals surface area contributed by atoms with Gasteiger partial charge < -0.3 is 4.74 Å². The van der Waals surface area contributed by atoms with E-state index in [1.165, 1.54) is 7.11 Å². The highest BCUT2D eigenvalue weighted by atomic mass is 16.5. The number of benzene rings is 1. The van der Waals surface area contributed by atoms with Gasteiger partial charge in [-0.05, 0) is 19.1 Å². The van der Waals surface area contributed by atoms with E-state index < -0.39 is 0 Å². The summed E-state index contributed by atoms with van der Waals surface area (Å²) in [6.45, 7) is 1.97. The minimum Gasteiger partial charge on any atom is -0.465 e. The highest BCUT2D eigenvalue weighted by Gasteiger charge is 2.01. The summed E-state index contributed by atoms with van der Waals surface area (Å²) < 4.78 is 4.54. The Balaban J connectivity index is 0.00000121. The van der Waals surface area contributed by atoms with Crippen LogP contribution in [0, 0.1) is 6.92 Å². The second-order valence-corrected chi connectivity index (χ2v) is 2.36. The molecule has 0 amide bonds. The number of rotatable bonds is 1. The summed E-state index contributed by atoms with van der Waals surface area (Å²) in [7, 11) is 1.38. The number of ether oxygens (including phenoxy) is 1. The molecule has 0 aliphatic heterocycles. The van der Waals surface area contributed by atoms with E-state index in [9.17, 15) is 4.79 Å². The van der Waals surface area contributed by atoms with E-state index in [-0.39, 0.29) is 13.4 Å². The van der Waals surface area contributed by atoms with Gasteiger partial charge >= 0.3 is 5.97 Å². The predicted octanol–water partition coefficient (Wildman–Crippen LogP) is 2.42. The number of hydrogen-bond acceptors (Lipinski definition) is 2. The minimum absolute atomic E-state index is 0. The van der Waals surface area contributed by atoms with E-state index >= 15 is 0 Å². The maximum absolute atomic E-state index is 10.9. The molecule has 0 aliphatic rings. The molecule has 1 rings (SSSR count). The third-order valence-corrected chi connectivity index (χ3v) is 1.47. The second-order valence-electron chi connectivity index (χ2n) is 2.36. The van der Waals surface area contributed by atoms with Gasteiger partial charge in [0.05, 0.1) is 12.7 Å². The first-order valence-electron chi connectivity index (χ1n) is 3.39. The summed E-state index contributed by atoms with van der Waals surface area (Å²) in [6, 6.07) is 7.26. The van der Waals surface area contributed by atoms with Crippen molar-refractivity contribution >= 4 is 5.97 Å². The van der Waals surface area contributed by atoms with Crippen molar-refractivity contribution in [1.29, 1.82) is 0 Å². The second kappa shape index (κ2) is 4.54. The number of methoxy groups -OCH3 is 1. The van der Waals surface area contributed by atoms with Crippen molar-refractivity contribution in [1.82, 2.24) is 0 Å². The van der Waals surface area contributed by atoms with Gasteiger partial charge in [-0.2, -0.15) is 0 Å². The molecule has 0 radical (unpaired) electrons. The van der Waals surface area contributed by atoms with Crippen LogP contribution in [0.5, 0.6) is 0 Å². The maximum atomic E-state index is 10.9. The first-order valence-corrected chi connectivity index (χ1v) is 3.39. The van der Waals surface area contributed by atoms with Crippen LogP contribution in [-0.4, -0.2) is 13.1 Å². The SMILES string of the molecule is C.COC(=O)c1ccc(C)cc1. The van der Waals surface area contributed by atoms with E-state index in [2.05, 4.69) is 4.74 Å². The molecule has 0 aliphatic carbocycles. The van der Waals surface area contributed by atoms with Crippen LogP contribution < -0.4 is 0 Å². The van der Waals surface area contributed by atoms with E-state index in [1.54, 1.807) is 12.1 Å². The van der Waals surface area contributed by atoms with Crippen LogP contribution in [0.4, 0.5) is 0 Å². The standard InChI is InChI=1S/C9H10O2.CH4/c1-7-3-5-8(6-4-7)9(10)11-2;/h3-6H,1-2H3;1H4. The molecule has 0 N–H and O–H groups in total. The van der Waals surface area contributed by atoms with E-state index in [4.69, 9.17) is 0 Å². The van der Waals surface area contributed by atoms with Crippen molar-refractivity contribution in [2.75, 3.05) is 7.11 Å². The van der Waals surface area contributed by atoms with Crippen LogP contribution in [0.3, 0.4) is 0 Å². The van der Waals surface area contributed by atoms with Crippen molar-refractivity contribution in [2.45, 2.75) is 14.4 Å². The average Bonchev–Trinajstić information content (AvgIpc) is 2.05. The summed E-state index contributed by atoms with van der Waals surface area (Å²) in [5.41, 5.74) is 1.73. The summed E-state index contributed by atoms with van der Waals surface area (Å²) >= 11 is 0. The molecule has 0 saturated heterocycles. The fourth-order valence-corrected chi connectivity index (χ4v) is 0.807. The molecule has 1 aromatic carbocycles. The quantitative estimate of drug-likeness (QED) is 0.599. The molecule has 2 heteroatoms. The van der Waals surface area contributed by atoms with Crippen LogP contribution in [0.25, 0.3) is 0 Å². The van der Waals surface area contributed by atoms with Gasteiger partial charge in [0.1, 0.15) is 0 Å². The molecule has 0 spiro atoms. The zero-order valence-corrected chi connectivity index (χ0v) is 6.63. The molecule has 0 heterocycles. The molecule has 0 atom stereocenters. The monoisotopic (exact) mass is 166 g/mol. The molecule has 2 nitrogen and oxygen atoms in total. The lowest BCUT2D eigenvalue weighted by molar-refractivity contribution is 0.0601. The third-order valence-electron chi connectivity index (χ3n) is 1.47. The predicted molar refractivity (Wildman–Crippen MR) is 49.2 cm³/mol. The van der Waals surface area contributed by atoms with Gasteiger partial charge in [0.15, 0.2) is 0 Å². The highest BCUT2D eigenvalue weighted by molar-refractivity contribution is 5.89. The minimum atomic E-state index is -0.287. The van der Waals surface area contributed by atoms with Crippen molar-refractivity contribution < 1.29 is 9.53 Å². The van der Waals surface area contributed by atoms with Crippen molar-refractivity contribution in [2.24, 2.45) is 0 Å². The van der Waals surface area contributed by atoms with Crippen molar-refractivity contribution in [3.05, 3.63) is 35.4 Å². The first kappa shape index (κ1) is 10.7. The molecule has 1 aromatic rings. The number of carbonyl (C=O) groups excluding carboxylic acids is 1. The fraction of sp³-hybridized carbons (Fsp3) is 0.300. The number of aryl methyl sites for hydroxylation is 1.